The second kappa shape index (κ2) is 8.59. The molecule has 0 spiro atoms. The highest BCUT2D eigenvalue weighted by Gasteiger charge is 2.17. The SMILES string of the molecule is Cc1ccc(C#Cc2ccc(CCC3CCC(C)CC3)cc2)c(C)c1C. The third-order valence-electron chi connectivity index (χ3n) is 6.33. The molecule has 26 heavy (non-hydrogen) atoms. The molecule has 3 rings (SSSR count). The van der Waals surface area contributed by atoms with E-state index < -0.39 is 0 Å². The Hall–Kier alpha value is -2.00. The van der Waals surface area contributed by atoms with Crippen LogP contribution in [-0.2, 0) is 6.42 Å². The van der Waals surface area contributed by atoms with Crippen molar-refractivity contribution in [3.63, 3.8) is 0 Å². The molecule has 0 radical (unpaired) electrons. The zero-order valence-electron chi connectivity index (χ0n) is 16.9. The van der Waals surface area contributed by atoms with E-state index in [1.54, 1.807) is 0 Å². The van der Waals surface area contributed by atoms with Crippen molar-refractivity contribution in [2.45, 2.75) is 66.2 Å². The van der Waals surface area contributed by atoms with Gasteiger partial charge in [-0.1, -0.05) is 62.6 Å². The maximum Gasteiger partial charge on any atom is 0.0281 e. The summed E-state index contributed by atoms with van der Waals surface area (Å²) >= 11 is 0. The van der Waals surface area contributed by atoms with Crippen LogP contribution in [0.2, 0.25) is 0 Å². The van der Waals surface area contributed by atoms with E-state index >= 15 is 0 Å². The van der Waals surface area contributed by atoms with E-state index in [0.717, 1.165) is 23.0 Å². The zero-order chi connectivity index (χ0) is 18.5. The van der Waals surface area contributed by atoms with Crippen molar-refractivity contribution in [1.29, 1.82) is 0 Å². The Labute approximate surface area is 160 Å². The lowest BCUT2D eigenvalue weighted by atomic mass is 9.80. The molecule has 0 unspecified atom stereocenters. The first-order chi connectivity index (χ1) is 12.5. The number of hydrogen-bond acceptors (Lipinski definition) is 0. The number of rotatable bonds is 3. The van der Waals surface area contributed by atoms with Gasteiger partial charge in [-0.25, -0.2) is 0 Å². The first-order valence-electron chi connectivity index (χ1n) is 10.2. The lowest BCUT2D eigenvalue weighted by Gasteiger charge is -2.26. The van der Waals surface area contributed by atoms with Crippen LogP contribution < -0.4 is 0 Å². The molecule has 2 aromatic carbocycles. The van der Waals surface area contributed by atoms with Crippen molar-refractivity contribution in [2.24, 2.45) is 11.8 Å². The van der Waals surface area contributed by atoms with Gasteiger partial charge in [-0.15, -0.1) is 0 Å². The molecule has 1 aliphatic rings. The molecule has 0 nitrogen and oxygen atoms in total. The van der Waals surface area contributed by atoms with E-state index in [9.17, 15) is 0 Å². The van der Waals surface area contributed by atoms with Crippen molar-refractivity contribution in [2.75, 3.05) is 0 Å². The highest BCUT2D eigenvalue weighted by Crippen LogP contribution is 2.31. The fourth-order valence-corrected chi connectivity index (χ4v) is 3.97. The smallest absolute Gasteiger partial charge is 0.0281 e. The quantitative estimate of drug-likeness (QED) is 0.539. The summed E-state index contributed by atoms with van der Waals surface area (Å²) < 4.78 is 0. The van der Waals surface area contributed by atoms with Crippen LogP contribution in [-0.4, -0.2) is 0 Å². The van der Waals surface area contributed by atoms with E-state index in [2.05, 4.69) is 75.9 Å². The molecule has 0 heteroatoms. The minimum Gasteiger partial charge on any atom is -0.0625 e. The molecule has 0 atom stereocenters. The normalized spacial score (nSPS) is 19.7. The Bertz CT molecular complexity index is 790. The van der Waals surface area contributed by atoms with Crippen LogP contribution in [0.3, 0.4) is 0 Å². The van der Waals surface area contributed by atoms with Gasteiger partial charge in [-0.05, 0) is 85.9 Å². The predicted octanol–water partition coefficient (Wildman–Crippen LogP) is 6.77. The molecule has 2 aromatic rings. The van der Waals surface area contributed by atoms with Gasteiger partial charge in [-0.2, -0.15) is 0 Å². The van der Waals surface area contributed by atoms with E-state index in [0.29, 0.717) is 0 Å². The molecule has 0 aliphatic heterocycles. The fraction of sp³-hybridized carbons (Fsp3) is 0.462. The molecule has 1 aliphatic carbocycles. The summed E-state index contributed by atoms with van der Waals surface area (Å²) in [6.07, 6.45) is 8.27. The van der Waals surface area contributed by atoms with E-state index in [1.165, 1.54) is 60.8 Å². The summed E-state index contributed by atoms with van der Waals surface area (Å²) in [4.78, 5) is 0. The molecule has 1 fully saturated rings. The fourth-order valence-electron chi connectivity index (χ4n) is 3.97. The number of aryl methyl sites for hydroxylation is 2. The third-order valence-corrected chi connectivity index (χ3v) is 6.33. The van der Waals surface area contributed by atoms with Crippen LogP contribution in [0.4, 0.5) is 0 Å². The second-order valence-electron chi connectivity index (χ2n) is 8.29. The summed E-state index contributed by atoms with van der Waals surface area (Å²) in [5.74, 6) is 8.58. The number of benzene rings is 2. The van der Waals surface area contributed by atoms with E-state index in [4.69, 9.17) is 0 Å². The Kier molecular flexibility index (Phi) is 6.20. The van der Waals surface area contributed by atoms with Gasteiger partial charge in [0.1, 0.15) is 0 Å². The molecule has 136 valence electrons. The largest absolute Gasteiger partial charge is 0.0625 e. The molecule has 0 bridgehead atoms. The van der Waals surface area contributed by atoms with E-state index in [1.807, 2.05) is 0 Å². The van der Waals surface area contributed by atoms with Crippen molar-refractivity contribution >= 4 is 0 Å². The molecule has 0 heterocycles. The van der Waals surface area contributed by atoms with Gasteiger partial charge >= 0.3 is 0 Å². The summed E-state index contributed by atoms with van der Waals surface area (Å²) in [7, 11) is 0. The minimum atomic E-state index is 0.943. The summed E-state index contributed by atoms with van der Waals surface area (Å²) in [6, 6.07) is 13.2. The average Bonchev–Trinajstić information content (AvgIpc) is 2.66. The standard InChI is InChI=1S/C26H32/c1-19-5-8-23(9-6-19)10-11-24-12-14-25(15-13-24)16-18-26-17-7-20(2)21(3)22(26)4/h7,12-15,17,19,23H,5-6,8-11H2,1-4H3. The molecule has 0 amide bonds. The maximum absolute atomic E-state index is 3.35. The van der Waals surface area contributed by atoms with Crippen LogP contribution in [0, 0.1) is 44.4 Å². The molecular weight excluding hydrogens is 312 g/mol. The average molecular weight is 345 g/mol. The minimum absolute atomic E-state index is 0.943. The predicted molar refractivity (Wildman–Crippen MR) is 113 cm³/mol. The first kappa shape index (κ1) is 18.8. The van der Waals surface area contributed by atoms with Crippen LogP contribution in [0.1, 0.15) is 72.4 Å². The molecule has 0 aromatic heterocycles. The van der Waals surface area contributed by atoms with Crippen molar-refractivity contribution < 1.29 is 0 Å². The van der Waals surface area contributed by atoms with Crippen molar-refractivity contribution in [3.05, 3.63) is 69.8 Å². The number of hydrogen-bond donors (Lipinski definition) is 0. The monoisotopic (exact) mass is 344 g/mol. The van der Waals surface area contributed by atoms with Crippen LogP contribution >= 0.6 is 0 Å². The molecule has 0 N–H and O–H groups in total. The van der Waals surface area contributed by atoms with Gasteiger partial charge in [0.25, 0.3) is 0 Å². The van der Waals surface area contributed by atoms with Gasteiger partial charge < -0.3 is 0 Å². The maximum atomic E-state index is 3.35. The third kappa shape index (κ3) is 4.79. The Morgan fingerprint density at radius 3 is 2.19 bits per heavy atom. The molecule has 0 saturated heterocycles. The van der Waals surface area contributed by atoms with Crippen LogP contribution in [0.25, 0.3) is 0 Å². The highest BCUT2D eigenvalue weighted by molar-refractivity contribution is 5.50. The van der Waals surface area contributed by atoms with Crippen molar-refractivity contribution in [3.8, 4) is 11.8 Å². The van der Waals surface area contributed by atoms with Gasteiger partial charge in [0, 0.05) is 11.1 Å². The lowest BCUT2D eigenvalue weighted by molar-refractivity contribution is 0.278. The Morgan fingerprint density at radius 1 is 0.808 bits per heavy atom. The summed E-state index contributed by atoms with van der Waals surface area (Å²) in [5.41, 5.74) is 7.70. The van der Waals surface area contributed by atoms with Crippen LogP contribution in [0.5, 0.6) is 0 Å². The van der Waals surface area contributed by atoms with Gasteiger partial charge in [0.05, 0.1) is 0 Å². The van der Waals surface area contributed by atoms with Crippen LogP contribution in [0.15, 0.2) is 36.4 Å². The highest BCUT2D eigenvalue weighted by atomic mass is 14.2. The topological polar surface area (TPSA) is 0 Å². The van der Waals surface area contributed by atoms with Crippen molar-refractivity contribution in [1.82, 2.24) is 0 Å². The Morgan fingerprint density at radius 2 is 1.50 bits per heavy atom. The van der Waals surface area contributed by atoms with Gasteiger partial charge in [0.15, 0.2) is 0 Å². The molecular formula is C26H32. The summed E-state index contributed by atoms with van der Waals surface area (Å²) in [5, 5.41) is 0. The summed E-state index contributed by atoms with van der Waals surface area (Å²) in [6.45, 7) is 8.90. The zero-order valence-corrected chi connectivity index (χ0v) is 16.9. The van der Waals surface area contributed by atoms with Gasteiger partial charge in [-0.3, -0.25) is 0 Å². The first-order valence-corrected chi connectivity index (χ1v) is 10.2. The second-order valence-corrected chi connectivity index (χ2v) is 8.29. The van der Waals surface area contributed by atoms with E-state index in [-0.39, 0.29) is 0 Å². The lowest BCUT2D eigenvalue weighted by Crippen LogP contribution is -2.12. The Balaban J connectivity index is 1.59. The van der Waals surface area contributed by atoms with Gasteiger partial charge in [0.2, 0.25) is 0 Å². The molecule has 1 saturated carbocycles.